The van der Waals surface area contributed by atoms with Crippen LogP contribution in [-0.2, 0) is 6.54 Å². The number of phenolic OH excluding ortho intramolecular Hbond substituents is 1. The van der Waals surface area contributed by atoms with Crippen LogP contribution >= 0.6 is 11.6 Å². The Hall–Kier alpha value is -1.17. The lowest BCUT2D eigenvalue weighted by Crippen LogP contribution is -2.14. The Morgan fingerprint density at radius 2 is 2.27 bits per heavy atom. The molecule has 1 aromatic carbocycles. The molecule has 1 rings (SSSR count). The molecule has 0 fully saturated rings. The Morgan fingerprint density at radius 3 is 3.00 bits per heavy atom. The fourth-order valence-electron chi connectivity index (χ4n) is 1.19. The third kappa shape index (κ3) is 4.24. The summed E-state index contributed by atoms with van der Waals surface area (Å²) in [6.45, 7) is 3.24. The molecule has 2 nitrogen and oxygen atoms in total. The average molecular weight is 224 g/mol. The Kier molecular flexibility index (Phi) is 5.03. The molecular weight excluding hydrogens is 210 g/mol. The van der Waals surface area contributed by atoms with Gasteiger partial charge in [-0.05, 0) is 25.1 Å². The zero-order valence-electron chi connectivity index (χ0n) is 8.68. The standard InChI is InChI=1S/C12H14ClNO/c1-2-3-4-7-14-9-10-8-11(13)5-6-12(10)15/h5-6,8,14-15H,4,7,9H2,1H3. The minimum Gasteiger partial charge on any atom is -0.508 e. The molecule has 0 aliphatic heterocycles. The Balaban J connectivity index is 2.42. The Morgan fingerprint density at radius 1 is 1.47 bits per heavy atom. The lowest BCUT2D eigenvalue weighted by molar-refractivity contribution is 0.465. The summed E-state index contributed by atoms with van der Waals surface area (Å²) in [5, 5.41) is 13.3. The minimum atomic E-state index is 0.272. The summed E-state index contributed by atoms with van der Waals surface area (Å²) in [7, 11) is 0. The summed E-state index contributed by atoms with van der Waals surface area (Å²) in [5.74, 6) is 6.06. The summed E-state index contributed by atoms with van der Waals surface area (Å²) in [4.78, 5) is 0. The first-order chi connectivity index (χ1) is 7.24. The molecule has 3 heteroatoms. The van der Waals surface area contributed by atoms with Crippen LogP contribution in [0.2, 0.25) is 5.02 Å². The van der Waals surface area contributed by atoms with E-state index < -0.39 is 0 Å². The van der Waals surface area contributed by atoms with E-state index in [-0.39, 0.29) is 5.75 Å². The van der Waals surface area contributed by atoms with Crippen LogP contribution in [0.4, 0.5) is 0 Å². The van der Waals surface area contributed by atoms with Gasteiger partial charge in [0.1, 0.15) is 5.75 Å². The van der Waals surface area contributed by atoms with E-state index in [9.17, 15) is 5.11 Å². The van der Waals surface area contributed by atoms with Crippen LogP contribution < -0.4 is 5.32 Å². The molecule has 0 saturated heterocycles. The molecule has 1 aromatic rings. The second-order valence-corrected chi connectivity index (χ2v) is 3.56. The van der Waals surface area contributed by atoms with E-state index >= 15 is 0 Å². The second-order valence-electron chi connectivity index (χ2n) is 3.13. The van der Waals surface area contributed by atoms with Crippen molar-refractivity contribution in [1.29, 1.82) is 0 Å². The number of halogens is 1. The number of hydrogen-bond acceptors (Lipinski definition) is 2. The van der Waals surface area contributed by atoms with Crippen molar-refractivity contribution in [3.05, 3.63) is 28.8 Å². The summed E-state index contributed by atoms with van der Waals surface area (Å²) in [5.41, 5.74) is 0.812. The first kappa shape index (κ1) is 11.9. The zero-order valence-corrected chi connectivity index (χ0v) is 9.43. The average Bonchev–Trinajstić information content (AvgIpc) is 2.23. The highest BCUT2D eigenvalue weighted by Gasteiger charge is 2.00. The maximum absolute atomic E-state index is 9.51. The molecule has 0 aliphatic rings. The van der Waals surface area contributed by atoms with Crippen LogP contribution in [0.3, 0.4) is 0 Å². The summed E-state index contributed by atoms with van der Waals surface area (Å²) in [6, 6.07) is 5.03. The van der Waals surface area contributed by atoms with Crippen molar-refractivity contribution in [1.82, 2.24) is 5.32 Å². The zero-order chi connectivity index (χ0) is 11.1. The van der Waals surface area contributed by atoms with Crippen molar-refractivity contribution in [2.45, 2.75) is 19.9 Å². The summed E-state index contributed by atoms with van der Waals surface area (Å²) < 4.78 is 0. The monoisotopic (exact) mass is 223 g/mol. The second kappa shape index (κ2) is 6.34. The molecule has 2 N–H and O–H groups in total. The van der Waals surface area contributed by atoms with Gasteiger partial charge in [-0.15, -0.1) is 11.8 Å². The van der Waals surface area contributed by atoms with E-state index in [4.69, 9.17) is 11.6 Å². The van der Waals surface area contributed by atoms with Gasteiger partial charge in [-0.2, -0.15) is 0 Å². The van der Waals surface area contributed by atoms with Gasteiger partial charge in [-0.1, -0.05) is 11.6 Å². The van der Waals surface area contributed by atoms with Crippen LogP contribution in [0.25, 0.3) is 0 Å². The molecule has 0 bridgehead atoms. The van der Waals surface area contributed by atoms with Gasteiger partial charge in [-0.25, -0.2) is 0 Å². The van der Waals surface area contributed by atoms with Crippen molar-refractivity contribution in [3.8, 4) is 17.6 Å². The molecule has 0 heterocycles. The van der Waals surface area contributed by atoms with Gasteiger partial charge in [0.2, 0.25) is 0 Å². The van der Waals surface area contributed by atoms with Crippen LogP contribution in [0, 0.1) is 11.8 Å². The molecule has 0 saturated carbocycles. The lowest BCUT2D eigenvalue weighted by Gasteiger charge is -2.05. The van der Waals surface area contributed by atoms with Crippen LogP contribution in [0.5, 0.6) is 5.75 Å². The van der Waals surface area contributed by atoms with Crippen molar-refractivity contribution in [3.63, 3.8) is 0 Å². The predicted molar refractivity (Wildman–Crippen MR) is 62.9 cm³/mol. The number of nitrogens with one attached hydrogen (secondary N) is 1. The molecule has 0 aliphatic carbocycles. The SMILES string of the molecule is CC#CCCNCc1cc(Cl)ccc1O. The topological polar surface area (TPSA) is 32.3 Å². The Labute approximate surface area is 95.3 Å². The fourth-order valence-corrected chi connectivity index (χ4v) is 1.39. The first-order valence-corrected chi connectivity index (χ1v) is 5.19. The van der Waals surface area contributed by atoms with E-state index in [0.717, 1.165) is 18.5 Å². The van der Waals surface area contributed by atoms with E-state index in [1.54, 1.807) is 18.2 Å². The van der Waals surface area contributed by atoms with Crippen molar-refractivity contribution < 1.29 is 5.11 Å². The van der Waals surface area contributed by atoms with Crippen molar-refractivity contribution >= 4 is 11.6 Å². The van der Waals surface area contributed by atoms with Crippen molar-refractivity contribution in [2.24, 2.45) is 0 Å². The molecule has 0 amide bonds. The maximum atomic E-state index is 9.51. The third-order valence-electron chi connectivity index (χ3n) is 1.96. The van der Waals surface area contributed by atoms with Crippen LogP contribution in [0.15, 0.2) is 18.2 Å². The molecule has 15 heavy (non-hydrogen) atoms. The van der Waals surface area contributed by atoms with Gasteiger partial charge >= 0.3 is 0 Å². The molecule has 0 radical (unpaired) electrons. The van der Waals surface area contributed by atoms with Crippen LogP contribution in [-0.4, -0.2) is 11.7 Å². The van der Waals surface area contributed by atoms with Gasteiger partial charge in [0.05, 0.1) is 0 Å². The number of rotatable bonds is 4. The van der Waals surface area contributed by atoms with E-state index in [0.29, 0.717) is 11.6 Å². The van der Waals surface area contributed by atoms with Gasteiger partial charge in [-0.3, -0.25) is 0 Å². The molecule has 0 unspecified atom stereocenters. The highest BCUT2D eigenvalue weighted by atomic mass is 35.5. The molecule has 0 aromatic heterocycles. The third-order valence-corrected chi connectivity index (χ3v) is 2.20. The van der Waals surface area contributed by atoms with Crippen LogP contribution in [0.1, 0.15) is 18.9 Å². The molecule has 0 atom stereocenters. The highest BCUT2D eigenvalue weighted by molar-refractivity contribution is 6.30. The largest absolute Gasteiger partial charge is 0.508 e. The maximum Gasteiger partial charge on any atom is 0.120 e. The number of phenols is 1. The minimum absolute atomic E-state index is 0.272. The smallest absolute Gasteiger partial charge is 0.120 e. The summed E-state index contributed by atoms with van der Waals surface area (Å²) >= 11 is 5.82. The molecule has 0 spiro atoms. The summed E-state index contributed by atoms with van der Waals surface area (Å²) in [6.07, 6.45) is 0.817. The normalized spacial score (nSPS) is 9.47. The van der Waals surface area contributed by atoms with E-state index in [1.807, 2.05) is 6.92 Å². The van der Waals surface area contributed by atoms with Gasteiger partial charge in [0, 0.05) is 30.1 Å². The number of aromatic hydroxyl groups is 1. The van der Waals surface area contributed by atoms with E-state index in [1.165, 1.54) is 0 Å². The number of benzene rings is 1. The fraction of sp³-hybridized carbons (Fsp3) is 0.333. The molecular formula is C12H14ClNO. The van der Waals surface area contributed by atoms with Crippen molar-refractivity contribution in [2.75, 3.05) is 6.54 Å². The highest BCUT2D eigenvalue weighted by Crippen LogP contribution is 2.20. The molecule has 80 valence electrons. The predicted octanol–water partition coefficient (Wildman–Crippen LogP) is 2.55. The van der Waals surface area contributed by atoms with Gasteiger partial charge in [0.15, 0.2) is 0 Å². The Bertz CT molecular complexity index is 379. The van der Waals surface area contributed by atoms with Gasteiger partial charge < -0.3 is 10.4 Å². The quantitative estimate of drug-likeness (QED) is 0.608. The van der Waals surface area contributed by atoms with E-state index in [2.05, 4.69) is 17.2 Å². The van der Waals surface area contributed by atoms with Gasteiger partial charge in [0.25, 0.3) is 0 Å². The lowest BCUT2D eigenvalue weighted by atomic mass is 10.2. The first-order valence-electron chi connectivity index (χ1n) is 4.81. The number of hydrogen-bond donors (Lipinski definition) is 2.